The molecule has 0 aliphatic carbocycles. The number of amides is 1. The van der Waals surface area contributed by atoms with Gasteiger partial charge in [-0.05, 0) is 54.1 Å². The summed E-state index contributed by atoms with van der Waals surface area (Å²) in [5.74, 6) is -1.46. The number of rotatable bonds is 8. The molecule has 0 bridgehead atoms. The van der Waals surface area contributed by atoms with Crippen LogP contribution in [0.5, 0.6) is 5.75 Å². The number of ether oxygens (including phenoxy) is 1. The van der Waals surface area contributed by atoms with Gasteiger partial charge in [-0.15, -0.1) is 0 Å². The van der Waals surface area contributed by atoms with Crippen LogP contribution >= 0.6 is 11.8 Å². The van der Waals surface area contributed by atoms with E-state index in [0.29, 0.717) is 29.6 Å². The maximum absolute atomic E-state index is 14.6. The number of hydrogen-bond donors (Lipinski definition) is 1. The van der Waals surface area contributed by atoms with Crippen molar-refractivity contribution >= 4 is 34.3 Å². The van der Waals surface area contributed by atoms with Crippen LogP contribution in [0.2, 0.25) is 0 Å². The molecule has 38 heavy (non-hydrogen) atoms. The summed E-state index contributed by atoms with van der Waals surface area (Å²) in [6.45, 7) is 0.429. The van der Waals surface area contributed by atoms with Crippen LogP contribution in [0, 0.1) is 11.6 Å². The molecule has 1 N–H and O–H groups in total. The average Bonchev–Trinajstić information content (AvgIpc) is 2.93. The monoisotopic (exact) mass is 529 g/mol. The Morgan fingerprint density at radius 2 is 1.66 bits per heavy atom. The van der Waals surface area contributed by atoms with Crippen molar-refractivity contribution in [3.8, 4) is 11.4 Å². The molecular formula is C29H21F2N3O3S. The minimum absolute atomic E-state index is 0.0974. The number of carbonyl (C=O) groups excluding carboxylic acids is 1. The first-order valence-electron chi connectivity index (χ1n) is 11.6. The number of hydrogen-bond acceptors (Lipinski definition) is 5. The SMILES string of the molecule is O=C(CSc1nc2ccccc2c(=O)n1-c1ccc(F)cc1F)Nc1ccc(OCc2ccccc2)cc1. The van der Waals surface area contributed by atoms with Crippen LogP contribution in [0.15, 0.2) is 107 Å². The molecule has 4 aromatic carbocycles. The fourth-order valence-corrected chi connectivity index (χ4v) is 4.59. The smallest absolute Gasteiger partial charge is 0.266 e. The van der Waals surface area contributed by atoms with Crippen molar-refractivity contribution in [1.82, 2.24) is 9.55 Å². The van der Waals surface area contributed by atoms with Crippen molar-refractivity contribution < 1.29 is 18.3 Å². The maximum Gasteiger partial charge on any atom is 0.266 e. The highest BCUT2D eigenvalue weighted by Gasteiger charge is 2.18. The number of halogens is 2. The second kappa shape index (κ2) is 11.3. The van der Waals surface area contributed by atoms with Crippen molar-refractivity contribution in [1.29, 1.82) is 0 Å². The maximum atomic E-state index is 14.6. The van der Waals surface area contributed by atoms with Gasteiger partial charge in [-0.3, -0.25) is 14.2 Å². The van der Waals surface area contributed by atoms with Crippen LogP contribution in [0.25, 0.3) is 16.6 Å². The lowest BCUT2D eigenvalue weighted by atomic mass is 10.2. The van der Waals surface area contributed by atoms with Crippen LogP contribution < -0.4 is 15.6 Å². The predicted molar refractivity (Wildman–Crippen MR) is 144 cm³/mol. The molecule has 0 spiro atoms. The molecule has 0 saturated heterocycles. The van der Waals surface area contributed by atoms with Gasteiger partial charge < -0.3 is 10.1 Å². The molecule has 0 unspecified atom stereocenters. The van der Waals surface area contributed by atoms with Gasteiger partial charge in [0.2, 0.25) is 5.91 Å². The van der Waals surface area contributed by atoms with E-state index in [1.54, 1.807) is 48.5 Å². The summed E-state index contributed by atoms with van der Waals surface area (Å²) in [4.78, 5) is 30.4. The summed E-state index contributed by atoms with van der Waals surface area (Å²) in [5.41, 5.74) is 1.35. The number of carbonyl (C=O) groups is 1. The first-order chi connectivity index (χ1) is 18.5. The van der Waals surface area contributed by atoms with E-state index in [4.69, 9.17) is 4.74 Å². The molecule has 5 rings (SSSR count). The van der Waals surface area contributed by atoms with Crippen LogP contribution in [0.4, 0.5) is 14.5 Å². The molecular weight excluding hydrogens is 508 g/mol. The number of aromatic nitrogens is 2. The van der Waals surface area contributed by atoms with E-state index in [1.165, 1.54) is 6.07 Å². The van der Waals surface area contributed by atoms with Gasteiger partial charge in [0.05, 0.1) is 22.3 Å². The molecule has 0 atom stereocenters. The van der Waals surface area contributed by atoms with E-state index >= 15 is 0 Å². The standard InChI is InChI=1S/C29H21F2N3O3S/c30-20-10-15-26(24(31)16-20)34-28(36)23-8-4-5-9-25(23)33-29(34)38-18-27(35)32-21-11-13-22(14-12-21)37-17-19-6-2-1-3-7-19/h1-16H,17-18H2,(H,32,35). The molecule has 1 amide bonds. The van der Waals surface area contributed by atoms with Crippen molar-refractivity contribution in [3.05, 3.63) is 125 Å². The highest BCUT2D eigenvalue weighted by molar-refractivity contribution is 7.99. The number of nitrogens with zero attached hydrogens (tertiary/aromatic N) is 2. The van der Waals surface area contributed by atoms with E-state index in [2.05, 4.69) is 10.3 Å². The van der Waals surface area contributed by atoms with Gasteiger partial charge in [-0.2, -0.15) is 0 Å². The van der Waals surface area contributed by atoms with Crippen LogP contribution in [-0.4, -0.2) is 21.2 Å². The largest absolute Gasteiger partial charge is 0.489 e. The van der Waals surface area contributed by atoms with Crippen molar-refractivity contribution in [3.63, 3.8) is 0 Å². The summed E-state index contributed by atoms with van der Waals surface area (Å²) in [6.07, 6.45) is 0. The molecule has 1 heterocycles. The van der Waals surface area contributed by atoms with Crippen molar-refractivity contribution in [2.24, 2.45) is 0 Å². The van der Waals surface area contributed by atoms with Gasteiger partial charge in [0.15, 0.2) is 5.16 Å². The summed E-state index contributed by atoms with van der Waals surface area (Å²) >= 11 is 0.975. The number of thioether (sulfide) groups is 1. The first-order valence-corrected chi connectivity index (χ1v) is 12.6. The number of nitrogens with one attached hydrogen (secondary N) is 1. The zero-order chi connectivity index (χ0) is 26.5. The zero-order valence-corrected chi connectivity index (χ0v) is 20.8. The zero-order valence-electron chi connectivity index (χ0n) is 19.9. The third-order valence-corrected chi connectivity index (χ3v) is 6.55. The van der Waals surface area contributed by atoms with Gasteiger partial charge >= 0.3 is 0 Å². The van der Waals surface area contributed by atoms with E-state index in [-0.39, 0.29) is 27.9 Å². The average molecular weight is 530 g/mol. The third-order valence-electron chi connectivity index (χ3n) is 5.61. The minimum Gasteiger partial charge on any atom is -0.489 e. The fraction of sp³-hybridized carbons (Fsp3) is 0.0690. The summed E-state index contributed by atoms with van der Waals surface area (Å²) in [5, 5.41) is 3.18. The third kappa shape index (κ3) is 5.73. The Kier molecular flexibility index (Phi) is 7.46. The summed E-state index contributed by atoms with van der Waals surface area (Å²) < 4.78 is 35.0. The van der Waals surface area contributed by atoms with Crippen molar-refractivity contribution in [2.75, 3.05) is 11.1 Å². The van der Waals surface area contributed by atoms with E-state index in [9.17, 15) is 18.4 Å². The Hall–Kier alpha value is -4.50. The molecule has 0 fully saturated rings. The van der Waals surface area contributed by atoms with E-state index in [0.717, 1.165) is 28.0 Å². The Labute approximate surface area is 220 Å². The Morgan fingerprint density at radius 1 is 0.921 bits per heavy atom. The fourth-order valence-electron chi connectivity index (χ4n) is 3.79. The van der Waals surface area contributed by atoms with Crippen LogP contribution in [0.1, 0.15) is 5.56 Å². The number of anilines is 1. The second-order valence-electron chi connectivity index (χ2n) is 8.28. The lowest BCUT2D eigenvalue weighted by molar-refractivity contribution is -0.113. The topological polar surface area (TPSA) is 73.2 Å². The van der Waals surface area contributed by atoms with Gasteiger partial charge in [0.25, 0.3) is 5.56 Å². The number of para-hydroxylation sites is 1. The molecule has 0 radical (unpaired) electrons. The lowest BCUT2D eigenvalue weighted by Gasteiger charge is -2.14. The molecule has 0 aliphatic heterocycles. The van der Waals surface area contributed by atoms with Gasteiger partial charge in [-0.25, -0.2) is 13.8 Å². The molecule has 0 saturated carbocycles. The normalized spacial score (nSPS) is 10.9. The van der Waals surface area contributed by atoms with E-state index in [1.807, 2.05) is 30.3 Å². The Bertz CT molecular complexity index is 1660. The molecule has 9 heteroatoms. The van der Waals surface area contributed by atoms with Gasteiger partial charge in [-0.1, -0.05) is 54.2 Å². The molecule has 190 valence electrons. The first kappa shape index (κ1) is 25.2. The molecule has 1 aromatic heterocycles. The Morgan fingerprint density at radius 3 is 2.42 bits per heavy atom. The predicted octanol–water partition coefficient (Wildman–Crippen LogP) is 5.97. The molecule has 0 aliphatic rings. The summed E-state index contributed by atoms with van der Waals surface area (Å²) in [7, 11) is 0. The molecule has 5 aromatic rings. The van der Waals surface area contributed by atoms with Gasteiger partial charge in [0.1, 0.15) is 24.0 Å². The lowest BCUT2D eigenvalue weighted by Crippen LogP contribution is -2.23. The van der Waals surface area contributed by atoms with E-state index < -0.39 is 17.2 Å². The van der Waals surface area contributed by atoms with Gasteiger partial charge in [0, 0.05) is 11.8 Å². The van der Waals surface area contributed by atoms with Crippen molar-refractivity contribution in [2.45, 2.75) is 11.8 Å². The Balaban J connectivity index is 1.30. The summed E-state index contributed by atoms with van der Waals surface area (Å²) in [6, 6.07) is 26.3. The van der Waals surface area contributed by atoms with Crippen LogP contribution in [-0.2, 0) is 11.4 Å². The number of benzene rings is 4. The quantitative estimate of drug-likeness (QED) is 0.198. The minimum atomic E-state index is -0.912. The highest BCUT2D eigenvalue weighted by atomic mass is 32.2. The second-order valence-corrected chi connectivity index (χ2v) is 9.23. The number of fused-ring (bicyclic) bond motifs is 1. The highest BCUT2D eigenvalue weighted by Crippen LogP contribution is 2.24. The molecule has 6 nitrogen and oxygen atoms in total. The van der Waals surface area contributed by atoms with Crippen LogP contribution in [0.3, 0.4) is 0 Å².